The summed E-state index contributed by atoms with van der Waals surface area (Å²) in [5.74, 6) is -3.58. The Labute approximate surface area is 139 Å². The Hall–Kier alpha value is -2.28. The van der Waals surface area contributed by atoms with Crippen LogP contribution in [-0.2, 0) is 19.1 Å². The number of carbonyl (C=O) groups is 2. The van der Waals surface area contributed by atoms with Crippen LogP contribution >= 0.6 is 0 Å². The van der Waals surface area contributed by atoms with E-state index in [0.717, 1.165) is 0 Å². The van der Waals surface area contributed by atoms with Crippen molar-refractivity contribution < 1.29 is 33.7 Å². The maximum Gasteiger partial charge on any atom is 0.338 e. The number of aliphatic hydroxyl groups is 2. The lowest BCUT2D eigenvalue weighted by Crippen LogP contribution is -2.49. The minimum Gasteiger partial charge on any atom is -0.512 e. The Balaban J connectivity index is 2.59. The summed E-state index contributed by atoms with van der Waals surface area (Å²) < 4.78 is 15.4. The first-order valence-electron chi connectivity index (χ1n) is 7.85. The Morgan fingerprint density at radius 3 is 2.54 bits per heavy atom. The fourth-order valence-electron chi connectivity index (χ4n) is 3.10. The predicted octanol–water partition coefficient (Wildman–Crippen LogP) is 2.07. The number of hydrogen-bond acceptors (Lipinski definition) is 7. The van der Waals surface area contributed by atoms with Gasteiger partial charge in [0.15, 0.2) is 0 Å². The first kappa shape index (κ1) is 18.1. The molecule has 0 saturated carbocycles. The second-order valence-corrected chi connectivity index (χ2v) is 5.84. The minimum atomic E-state index is -1.61. The third-order valence-corrected chi connectivity index (χ3v) is 4.04. The van der Waals surface area contributed by atoms with E-state index in [9.17, 15) is 19.8 Å². The molecular weight excluding hydrogens is 316 g/mol. The van der Waals surface area contributed by atoms with E-state index in [1.165, 1.54) is 13.2 Å². The molecule has 0 aliphatic heterocycles. The van der Waals surface area contributed by atoms with Gasteiger partial charge in [-0.25, -0.2) is 4.79 Å². The van der Waals surface area contributed by atoms with Crippen LogP contribution in [0, 0.1) is 5.92 Å². The number of ether oxygens (including phenoxy) is 2. The van der Waals surface area contributed by atoms with E-state index in [0.29, 0.717) is 0 Å². The van der Waals surface area contributed by atoms with E-state index in [1.807, 2.05) is 0 Å². The van der Waals surface area contributed by atoms with Gasteiger partial charge in [0.2, 0.25) is 0 Å². The van der Waals surface area contributed by atoms with Crippen LogP contribution in [-0.4, -0.2) is 41.0 Å². The van der Waals surface area contributed by atoms with Crippen molar-refractivity contribution in [3.8, 4) is 0 Å². The normalized spacial score (nSPS) is 27.0. The maximum atomic E-state index is 12.5. The second kappa shape index (κ2) is 7.09. The van der Waals surface area contributed by atoms with Crippen molar-refractivity contribution in [3.63, 3.8) is 0 Å². The lowest BCUT2D eigenvalue weighted by atomic mass is 9.68. The molecule has 24 heavy (non-hydrogen) atoms. The molecule has 3 atom stereocenters. The van der Waals surface area contributed by atoms with Crippen LogP contribution in [0.1, 0.15) is 38.9 Å². The van der Waals surface area contributed by atoms with Crippen molar-refractivity contribution in [1.82, 2.24) is 0 Å². The van der Waals surface area contributed by atoms with E-state index >= 15 is 0 Å². The number of rotatable bonds is 5. The van der Waals surface area contributed by atoms with Gasteiger partial charge in [-0.2, -0.15) is 0 Å². The molecule has 0 bridgehead atoms. The fraction of sp³-hybridized carbons (Fsp3) is 0.529. The highest BCUT2D eigenvalue weighted by Crippen LogP contribution is 2.47. The Morgan fingerprint density at radius 2 is 2.00 bits per heavy atom. The van der Waals surface area contributed by atoms with Gasteiger partial charge in [-0.3, -0.25) is 4.79 Å². The van der Waals surface area contributed by atoms with E-state index in [1.54, 1.807) is 26.0 Å². The number of furan rings is 1. The zero-order valence-corrected chi connectivity index (χ0v) is 13.9. The Morgan fingerprint density at radius 1 is 1.33 bits per heavy atom. The quantitative estimate of drug-likeness (QED) is 0.792. The summed E-state index contributed by atoms with van der Waals surface area (Å²) in [5.41, 5.74) is -1.69. The van der Waals surface area contributed by atoms with Crippen molar-refractivity contribution in [1.29, 1.82) is 0 Å². The summed E-state index contributed by atoms with van der Waals surface area (Å²) in [5, 5.41) is 21.0. The summed E-state index contributed by atoms with van der Waals surface area (Å²) in [4.78, 5) is 24.8. The molecule has 1 aliphatic carbocycles. The molecule has 0 amide bonds. The fourth-order valence-corrected chi connectivity index (χ4v) is 3.10. The molecule has 132 valence electrons. The first-order chi connectivity index (χ1) is 11.3. The van der Waals surface area contributed by atoms with E-state index in [4.69, 9.17) is 13.9 Å². The number of aliphatic hydroxyl groups excluding tert-OH is 1. The number of hydrogen-bond donors (Lipinski definition) is 2. The topological polar surface area (TPSA) is 106 Å². The molecule has 0 spiro atoms. The van der Waals surface area contributed by atoms with Crippen molar-refractivity contribution in [2.45, 2.75) is 38.7 Å². The molecule has 0 fully saturated rings. The van der Waals surface area contributed by atoms with E-state index < -0.39 is 29.4 Å². The van der Waals surface area contributed by atoms with Crippen LogP contribution in [0.15, 0.2) is 34.1 Å². The molecule has 1 aromatic heterocycles. The maximum absolute atomic E-state index is 12.5. The van der Waals surface area contributed by atoms with Crippen LogP contribution in [0.25, 0.3) is 0 Å². The van der Waals surface area contributed by atoms with E-state index in [2.05, 4.69) is 0 Å². The van der Waals surface area contributed by atoms with Gasteiger partial charge in [-0.15, -0.1) is 0 Å². The second-order valence-electron chi connectivity index (χ2n) is 5.84. The van der Waals surface area contributed by atoms with Crippen molar-refractivity contribution >= 4 is 11.9 Å². The number of carbonyl (C=O) groups excluding carboxylic acids is 2. The highest BCUT2D eigenvalue weighted by molar-refractivity contribution is 5.93. The molecule has 1 aliphatic rings. The van der Waals surface area contributed by atoms with Crippen LogP contribution in [0.5, 0.6) is 0 Å². The van der Waals surface area contributed by atoms with E-state index in [-0.39, 0.29) is 36.7 Å². The molecule has 0 saturated heterocycles. The summed E-state index contributed by atoms with van der Waals surface area (Å²) in [7, 11) is 0. The molecule has 0 aromatic carbocycles. The molecule has 0 unspecified atom stereocenters. The molecule has 2 N–H and O–H groups in total. The van der Waals surface area contributed by atoms with Crippen molar-refractivity contribution in [3.05, 3.63) is 35.5 Å². The molecule has 1 aromatic rings. The van der Waals surface area contributed by atoms with Crippen LogP contribution in [0.4, 0.5) is 0 Å². The van der Waals surface area contributed by atoms with Gasteiger partial charge in [-0.1, -0.05) is 0 Å². The van der Waals surface area contributed by atoms with Gasteiger partial charge >= 0.3 is 11.9 Å². The summed E-state index contributed by atoms with van der Waals surface area (Å²) in [6, 6.07) is 3.17. The number of esters is 2. The molecule has 2 rings (SSSR count). The largest absolute Gasteiger partial charge is 0.512 e. The summed E-state index contributed by atoms with van der Waals surface area (Å²) in [6.45, 7) is 4.94. The van der Waals surface area contributed by atoms with Gasteiger partial charge in [-0.05, 0) is 32.9 Å². The van der Waals surface area contributed by atoms with Crippen LogP contribution < -0.4 is 0 Å². The third-order valence-electron chi connectivity index (χ3n) is 4.04. The highest BCUT2D eigenvalue weighted by Gasteiger charge is 2.53. The average molecular weight is 338 g/mol. The van der Waals surface area contributed by atoms with Gasteiger partial charge in [0.1, 0.15) is 17.4 Å². The Kier molecular flexibility index (Phi) is 5.33. The standard InChI is InChI=1S/C17H22O7/c1-4-22-15(19)12-10(18)9-17(3,21)14(16(20)23-5-2)13(12)11-7-6-8-24-11/h6-8,13-14,18,21H,4-5,9H2,1-3H3/t13-,14+,17+/m0/s1. The lowest BCUT2D eigenvalue weighted by molar-refractivity contribution is -0.161. The van der Waals surface area contributed by atoms with Crippen LogP contribution in [0.2, 0.25) is 0 Å². The smallest absolute Gasteiger partial charge is 0.338 e. The molecule has 1 heterocycles. The van der Waals surface area contributed by atoms with Crippen LogP contribution in [0.3, 0.4) is 0 Å². The zero-order valence-electron chi connectivity index (χ0n) is 13.9. The van der Waals surface area contributed by atoms with Gasteiger partial charge in [0.05, 0.1) is 36.6 Å². The van der Waals surface area contributed by atoms with Gasteiger partial charge in [0.25, 0.3) is 0 Å². The Bertz CT molecular complexity index is 627. The van der Waals surface area contributed by atoms with Gasteiger partial charge in [0, 0.05) is 6.42 Å². The van der Waals surface area contributed by atoms with Crippen molar-refractivity contribution in [2.75, 3.05) is 13.2 Å². The molecular formula is C17H22O7. The zero-order chi connectivity index (χ0) is 17.9. The minimum absolute atomic E-state index is 0.0867. The first-order valence-corrected chi connectivity index (χ1v) is 7.85. The summed E-state index contributed by atoms with van der Waals surface area (Å²) >= 11 is 0. The lowest BCUT2D eigenvalue weighted by Gasteiger charge is -2.40. The third kappa shape index (κ3) is 3.31. The average Bonchev–Trinajstić information content (AvgIpc) is 2.99. The molecule has 0 radical (unpaired) electrons. The molecule has 7 heteroatoms. The van der Waals surface area contributed by atoms with Gasteiger partial charge < -0.3 is 24.1 Å². The highest BCUT2D eigenvalue weighted by atomic mass is 16.5. The predicted molar refractivity (Wildman–Crippen MR) is 83.1 cm³/mol. The summed E-state index contributed by atoms with van der Waals surface area (Å²) in [6.07, 6.45) is 1.13. The molecule has 7 nitrogen and oxygen atoms in total. The SMILES string of the molecule is CCOC(=O)C1=C(O)C[C@@](C)(O)[C@@H](C(=O)OCC)[C@H]1c1ccco1. The van der Waals surface area contributed by atoms with Crippen molar-refractivity contribution in [2.24, 2.45) is 5.92 Å². The monoisotopic (exact) mass is 338 g/mol.